The third-order valence-corrected chi connectivity index (χ3v) is 2.33. The molecule has 0 atom stereocenters. The fourth-order valence-corrected chi connectivity index (χ4v) is 1.60. The second-order valence-corrected chi connectivity index (χ2v) is 3.51. The molecule has 0 aliphatic carbocycles. The Morgan fingerprint density at radius 3 is 2.65 bits per heavy atom. The number of aromatic nitrogens is 4. The van der Waals surface area contributed by atoms with Gasteiger partial charge in [-0.1, -0.05) is 0 Å². The smallest absolute Gasteiger partial charge is 0.224 e. The Morgan fingerprint density at radius 1 is 1.12 bits per heavy atom. The van der Waals surface area contributed by atoms with Crippen molar-refractivity contribution in [2.75, 3.05) is 24.7 Å². The number of fused-ring (bicyclic) bond motifs is 1. The van der Waals surface area contributed by atoms with Crippen LogP contribution >= 0.6 is 0 Å². The predicted octanol–water partition coefficient (Wildman–Crippen LogP) is -0.370. The van der Waals surface area contributed by atoms with E-state index >= 15 is 0 Å². The van der Waals surface area contributed by atoms with E-state index in [2.05, 4.69) is 19.9 Å². The van der Waals surface area contributed by atoms with Gasteiger partial charge in [-0.05, 0) is 0 Å². The van der Waals surface area contributed by atoms with Crippen molar-refractivity contribution in [1.29, 1.82) is 0 Å². The molecule has 8 heteroatoms. The van der Waals surface area contributed by atoms with Crippen molar-refractivity contribution in [3.05, 3.63) is 11.9 Å². The minimum atomic E-state index is -0.496. The van der Waals surface area contributed by atoms with Crippen LogP contribution in [0.3, 0.4) is 0 Å². The van der Waals surface area contributed by atoms with Gasteiger partial charge in [-0.15, -0.1) is 0 Å². The summed E-state index contributed by atoms with van der Waals surface area (Å²) in [5.74, 6) is 0.269. The average Bonchev–Trinajstić information content (AvgIpc) is 2.82. The molecule has 17 heavy (non-hydrogen) atoms. The van der Waals surface area contributed by atoms with Crippen LogP contribution < -0.4 is 11.5 Å². The molecule has 0 radical (unpaired) electrons. The summed E-state index contributed by atoms with van der Waals surface area (Å²) in [6, 6.07) is 0. The molecule has 2 aromatic rings. The number of nitrogens with zero attached hydrogens (tertiary/aromatic N) is 4. The second-order valence-electron chi connectivity index (χ2n) is 3.51. The van der Waals surface area contributed by atoms with Gasteiger partial charge < -0.3 is 20.9 Å². The van der Waals surface area contributed by atoms with Crippen molar-refractivity contribution in [2.45, 2.75) is 6.29 Å². The summed E-state index contributed by atoms with van der Waals surface area (Å²) < 4.78 is 10.6. The summed E-state index contributed by atoms with van der Waals surface area (Å²) in [7, 11) is 0. The maximum atomic E-state index is 5.71. The Morgan fingerprint density at radius 2 is 1.88 bits per heavy atom. The van der Waals surface area contributed by atoms with Gasteiger partial charge in [0.25, 0.3) is 0 Å². The van der Waals surface area contributed by atoms with Gasteiger partial charge in [0, 0.05) is 0 Å². The van der Waals surface area contributed by atoms with Crippen molar-refractivity contribution in [1.82, 2.24) is 19.9 Å². The minimum Gasteiger partial charge on any atom is -0.382 e. The van der Waals surface area contributed by atoms with E-state index in [-0.39, 0.29) is 11.8 Å². The van der Waals surface area contributed by atoms with Crippen LogP contribution in [0.25, 0.3) is 11.2 Å². The first-order valence-corrected chi connectivity index (χ1v) is 5.03. The molecule has 2 aromatic heterocycles. The Bertz CT molecular complexity index is 569. The number of nitrogens with two attached hydrogens (primary N) is 2. The highest BCUT2D eigenvalue weighted by atomic mass is 16.7. The molecule has 0 aromatic carbocycles. The van der Waals surface area contributed by atoms with Crippen molar-refractivity contribution >= 4 is 22.9 Å². The predicted molar refractivity (Wildman–Crippen MR) is 58.6 cm³/mol. The first kappa shape index (κ1) is 10.1. The van der Waals surface area contributed by atoms with E-state index in [1.165, 1.54) is 6.20 Å². The van der Waals surface area contributed by atoms with Gasteiger partial charge in [0.2, 0.25) is 12.2 Å². The number of anilines is 2. The number of hydrogen-bond donors (Lipinski definition) is 2. The lowest BCUT2D eigenvalue weighted by Gasteiger charge is -2.08. The first-order valence-electron chi connectivity index (χ1n) is 5.03. The van der Waals surface area contributed by atoms with Gasteiger partial charge in [0.1, 0.15) is 5.69 Å². The zero-order valence-corrected chi connectivity index (χ0v) is 8.83. The lowest BCUT2D eigenvalue weighted by Crippen LogP contribution is -2.07. The summed E-state index contributed by atoms with van der Waals surface area (Å²) >= 11 is 0. The van der Waals surface area contributed by atoms with E-state index < -0.39 is 6.29 Å². The van der Waals surface area contributed by atoms with Crippen molar-refractivity contribution in [3.8, 4) is 0 Å². The number of hydrogen-bond acceptors (Lipinski definition) is 8. The van der Waals surface area contributed by atoms with Gasteiger partial charge >= 0.3 is 0 Å². The van der Waals surface area contributed by atoms with Gasteiger partial charge in [-0.2, -0.15) is 9.97 Å². The van der Waals surface area contributed by atoms with Gasteiger partial charge in [-0.25, -0.2) is 9.97 Å². The van der Waals surface area contributed by atoms with Crippen LogP contribution in [0.2, 0.25) is 0 Å². The minimum absolute atomic E-state index is 0.0745. The molecule has 0 bridgehead atoms. The quantitative estimate of drug-likeness (QED) is 0.685. The topological polar surface area (TPSA) is 122 Å². The fraction of sp³-hybridized carbons (Fsp3) is 0.333. The number of ether oxygens (including phenoxy) is 2. The molecular weight excluding hydrogens is 224 g/mol. The van der Waals surface area contributed by atoms with E-state index in [4.69, 9.17) is 20.9 Å². The maximum absolute atomic E-state index is 5.71. The molecule has 1 aliphatic rings. The highest BCUT2D eigenvalue weighted by Crippen LogP contribution is 2.23. The molecule has 0 saturated carbocycles. The van der Waals surface area contributed by atoms with Crippen LogP contribution in [0.1, 0.15) is 12.0 Å². The summed E-state index contributed by atoms with van der Waals surface area (Å²) in [4.78, 5) is 16.2. The van der Waals surface area contributed by atoms with Crippen LogP contribution in [0.15, 0.2) is 6.20 Å². The van der Waals surface area contributed by atoms with Gasteiger partial charge in [0.15, 0.2) is 17.0 Å². The van der Waals surface area contributed by atoms with E-state index in [0.717, 1.165) is 0 Å². The van der Waals surface area contributed by atoms with Crippen molar-refractivity contribution in [3.63, 3.8) is 0 Å². The van der Waals surface area contributed by atoms with Crippen LogP contribution in [0.5, 0.6) is 0 Å². The molecular formula is C9H10N6O2. The molecule has 1 saturated heterocycles. The lowest BCUT2D eigenvalue weighted by molar-refractivity contribution is -0.0473. The molecule has 3 rings (SSSR count). The summed E-state index contributed by atoms with van der Waals surface area (Å²) in [6.45, 7) is 1.08. The van der Waals surface area contributed by atoms with E-state index in [0.29, 0.717) is 30.1 Å². The van der Waals surface area contributed by atoms with Crippen LogP contribution in [0, 0.1) is 0 Å². The van der Waals surface area contributed by atoms with Crippen LogP contribution in [-0.2, 0) is 9.47 Å². The summed E-state index contributed by atoms with van der Waals surface area (Å²) in [6.07, 6.45) is 1.04. The molecule has 88 valence electrons. The first-order chi connectivity index (χ1) is 8.24. The lowest BCUT2D eigenvalue weighted by atomic mass is 10.4. The maximum Gasteiger partial charge on any atom is 0.224 e. The molecule has 8 nitrogen and oxygen atoms in total. The Kier molecular flexibility index (Phi) is 2.23. The summed E-state index contributed by atoms with van der Waals surface area (Å²) in [5.41, 5.74) is 12.5. The Balaban J connectivity index is 2.11. The van der Waals surface area contributed by atoms with Crippen LogP contribution in [-0.4, -0.2) is 33.1 Å². The molecule has 3 heterocycles. The molecule has 4 N–H and O–H groups in total. The van der Waals surface area contributed by atoms with Crippen molar-refractivity contribution < 1.29 is 9.47 Å². The Hall–Kier alpha value is -2.06. The number of rotatable bonds is 1. The van der Waals surface area contributed by atoms with Crippen molar-refractivity contribution in [2.24, 2.45) is 0 Å². The zero-order chi connectivity index (χ0) is 11.8. The standard InChI is InChI=1S/C9H10N6O2/c10-6-5-7(15-9(11)14-6)12-3-4(13-5)8-16-1-2-17-8/h3,8H,1-2H2,(H4,10,11,12,14,15). The SMILES string of the molecule is Nc1nc(N)c2nc(C3OCCO3)cnc2n1. The number of nitrogen functional groups attached to an aromatic ring is 2. The fourth-order valence-electron chi connectivity index (χ4n) is 1.60. The highest BCUT2D eigenvalue weighted by Gasteiger charge is 2.21. The largest absolute Gasteiger partial charge is 0.382 e. The third-order valence-electron chi connectivity index (χ3n) is 2.33. The van der Waals surface area contributed by atoms with Gasteiger partial charge in [-0.3, -0.25) is 0 Å². The van der Waals surface area contributed by atoms with E-state index in [1.807, 2.05) is 0 Å². The summed E-state index contributed by atoms with van der Waals surface area (Å²) in [5, 5.41) is 0. The normalized spacial score (nSPS) is 16.7. The second kappa shape index (κ2) is 3.75. The third kappa shape index (κ3) is 1.73. The monoisotopic (exact) mass is 234 g/mol. The molecule has 1 aliphatic heterocycles. The Labute approximate surface area is 96.0 Å². The van der Waals surface area contributed by atoms with Crippen LogP contribution in [0.4, 0.5) is 11.8 Å². The zero-order valence-electron chi connectivity index (χ0n) is 8.83. The van der Waals surface area contributed by atoms with E-state index in [1.54, 1.807) is 0 Å². The average molecular weight is 234 g/mol. The molecule has 0 spiro atoms. The van der Waals surface area contributed by atoms with E-state index in [9.17, 15) is 0 Å². The molecule has 0 amide bonds. The highest BCUT2D eigenvalue weighted by molar-refractivity contribution is 5.81. The van der Waals surface area contributed by atoms with Gasteiger partial charge in [0.05, 0.1) is 19.4 Å². The molecule has 0 unspecified atom stereocenters. The molecule has 1 fully saturated rings.